The molecule has 17 heteroatoms. The third-order valence-electron chi connectivity index (χ3n) is 6.50. The molecular weight excluding hydrogens is 544 g/mol. The first-order valence-electron chi connectivity index (χ1n) is 13.5. The molecule has 1 aliphatic rings. The lowest BCUT2D eigenvalue weighted by Gasteiger charge is -2.35. The van der Waals surface area contributed by atoms with Gasteiger partial charge in [-0.05, 0) is 19.3 Å². The Morgan fingerprint density at radius 1 is 0.683 bits per heavy atom. The highest BCUT2D eigenvalue weighted by molar-refractivity contribution is 5.80. The summed E-state index contributed by atoms with van der Waals surface area (Å²) in [7, 11) is 0. The zero-order chi connectivity index (χ0) is 30.8. The van der Waals surface area contributed by atoms with Crippen molar-refractivity contribution >= 4 is 35.7 Å². The third-order valence-corrected chi connectivity index (χ3v) is 6.50. The predicted molar refractivity (Wildman–Crippen MR) is 147 cm³/mol. The van der Waals surface area contributed by atoms with Crippen molar-refractivity contribution in [2.75, 3.05) is 85.1 Å². The van der Waals surface area contributed by atoms with Crippen molar-refractivity contribution in [3.63, 3.8) is 0 Å². The number of hydrogen-bond donors (Lipinski definition) is 7. The Bertz CT molecular complexity index is 900. The normalized spacial score (nSPS) is 17.5. The summed E-state index contributed by atoms with van der Waals surface area (Å²) in [5.74, 6) is -4.98. The zero-order valence-electron chi connectivity index (χ0n) is 23.3. The minimum absolute atomic E-state index is 0.0233. The maximum absolute atomic E-state index is 12.7. The molecule has 0 radical (unpaired) electrons. The van der Waals surface area contributed by atoms with Gasteiger partial charge in [-0.25, -0.2) is 0 Å². The Balaban J connectivity index is 2.96. The number of unbranched alkanes of at least 4 members (excludes halogenated alkanes) is 2. The van der Waals surface area contributed by atoms with Crippen molar-refractivity contribution in [1.82, 2.24) is 24.9 Å². The van der Waals surface area contributed by atoms with Crippen LogP contribution in [-0.2, 0) is 24.0 Å². The van der Waals surface area contributed by atoms with Crippen molar-refractivity contribution in [2.45, 2.75) is 31.7 Å². The van der Waals surface area contributed by atoms with Crippen LogP contribution in [0.4, 0.5) is 0 Å². The number of rotatable bonds is 16. The number of nitrogens with two attached hydrogens (primary N) is 2. The number of aliphatic carboxylic acids is 4. The number of amides is 1. The van der Waals surface area contributed by atoms with E-state index in [1.54, 1.807) is 14.7 Å². The van der Waals surface area contributed by atoms with Gasteiger partial charge in [0.25, 0.3) is 0 Å². The van der Waals surface area contributed by atoms with Crippen LogP contribution in [0, 0.1) is 0 Å². The van der Waals surface area contributed by atoms with Gasteiger partial charge in [-0.15, -0.1) is 0 Å². The molecule has 0 aromatic heterocycles. The number of carboxylic acids is 4. The molecule has 1 heterocycles. The summed E-state index contributed by atoms with van der Waals surface area (Å²) in [6.45, 7) is 1.78. The van der Waals surface area contributed by atoms with Gasteiger partial charge in [0.1, 0.15) is 6.04 Å². The monoisotopic (exact) mass is 588 g/mol. The number of carbonyl (C=O) groups excluding carboxylic acids is 1. The van der Waals surface area contributed by atoms with Gasteiger partial charge < -0.3 is 37.2 Å². The summed E-state index contributed by atoms with van der Waals surface area (Å²) < 4.78 is 0. The Hall–Kier alpha value is -3.54. The quantitative estimate of drug-likeness (QED) is 0.0534. The molecule has 0 spiro atoms. The lowest BCUT2D eigenvalue weighted by molar-refractivity contribution is -0.150. The first-order valence-corrected chi connectivity index (χ1v) is 13.5. The van der Waals surface area contributed by atoms with Crippen LogP contribution >= 0.6 is 0 Å². The smallest absolute Gasteiger partial charge is 0.321 e. The summed E-state index contributed by atoms with van der Waals surface area (Å²) in [6, 6.07) is -1.35. The first-order chi connectivity index (χ1) is 19.4. The van der Waals surface area contributed by atoms with Gasteiger partial charge in [0, 0.05) is 65.4 Å². The van der Waals surface area contributed by atoms with Crippen LogP contribution in [0.2, 0.25) is 0 Å². The van der Waals surface area contributed by atoms with Crippen molar-refractivity contribution in [3.8, 4) is 0 Å². The predicted octanol–water partition coefficient (Wildman–Crippen LogP) is -3.13. The van der Waals surface area contributed by atoms with Gasteiger partial charge in [-0.3, -0.25) is 48.6 Å². The maximum atomic E-state index is 12.7. The van der Waals surface area contributed by atoms with E-state index >= 15 is 0 Å². The fourth-order valence-corrected chi connectivity index (χ4v) is 4.37. The lowest BCUT2D eigenvalue weighted by Crippen LogP contribution is -2.52. The Kier molecular flexibility index (Phi) is 16.9. The summed E-state index contributed by atoms with van der Waals surface area (Å²) in [4.78, 5) is 69.2. The zero-order valence-corrected chi connectivity index (χ0v) is 23.3. The highest BCUT2D eigenvalue weighted by atomic mass is 16.4. The molecule has 9 N–H and O–H groups in total. The highest BCUT2D eigenvalue weighted by Gasteiger charge is 2.29. The van der Waals surface area contributed by atoms with Crippen molar-refractivity contribution in [1.29, 1.82) is 0 Å². The van der Waals surface area contributed by atoms with Crippen molar-refractivity contribution in [2.24, 2.45) is 16.5 Å². The topological polar surface area (TPSA) is 256 Å². The average molecular weight is 589 g/mol. The molecule has 1 rings (SSSR count). The number of nitrogens with one attached hydrogen (secondary N) is 1. The molecule has 0 saturated carbocycles. The second-order valence-corrected chi connectivity index (χ2v) is 9.82. The Labute approximate surface area is 238 Å². The molecule has 1 saturated heterocycles. The van der Waals surface area contributed by atoms with E-state index in [1.807, 2.05) is 0 Å². The summed E-state index contributed by atoms with van der Waals surface area (Å²) in [6.07, 6.45) is 1.64. The largest absolute Gasteiger partial charge is 0.481 e. The van der Waals surface area contributed by atoms with Gasteiger partial charge in [0.05, 0.1) is 26.1 Å². The number of carbonyl (C=O) groups is 5. The van der Waals surface area contributed by atoms with E-state index in [4.69, 9.17) is 11.5 Å². The fraction of sp³-hybridized carbons (Fsp3) is 0.750. The summed E-state index contributed by atoms with van der Waals surface area (Å²) in [5.41, 5.74) is 10.6. The van der Waals surface area contributed by atoms with E-state index < -0.39 is 36.3 Å². The van der Waals surface area contributed by atoms with Gasteiger partial charge in [-0.1, -0.05) is 0 Å². The molecular formula is C24H44N8O9. The molecule has 1 amide bonds. The lowest BCUT2D eigenvalue weighted by atomic mass is 10.1. The second-order valence-electron chi connectivity index (χ2n) is 9.82. The van der Waals surface area contributed by atoms with Crippen molar-refractivity contribution in [3.05, 3.63) is 0 Å². The third kappa shape index (κ3) is 17.0. The molecule has 41 heavy (non-hydrogen) atoms. The van der Waals surface area contributed by atoms with E-state index in [2.05, 4.69) is 10.3 Å². The highest BCUT2D eigenvalue weighted by Crippen LogP contribution is 2.09. The van der Waals surface area contributed by atoms with E-state index in [0.717, 1.165) is 12.8 Å². The minimum Gasteiger partial charge on any atom is -0.481 e. The van der Waals surface area contributed by atoms with E-state index in [9.17, 15) is 44.4 Å². The molecule has 1 atom stereocenters. The van der Waals surface area contributed by atoms with Crippen LogP contribution in [0.25, 0.3) is 0 Å². The number of carboxylic acid groups (broad SMARTS) is 4. The molecule has 1 unspecified atom stereocenters. The number of nitrogens with zero attached hydrogens (tertiary/aromatic N) is 5. The Morgan fingerprint density at radius 3 is 1.61 bits per heavy atom. The molecule has 0 aromatic carbocycles. The second kappa shape index (κ2) is 19.5. The summed E-state index contributed by atoms with van der Waals surface area (Å²) >= 11 is 0. The van der Waals surface area contributed by atoms with E-state index in [-0.39, 0.29) is 83.9 Å². The van der Waals surface area contributed by atoms with Crippen molar-refractivity contribution < 1.29 is 44.4 Å². The van der Waals surface area contributed by atoms with Crippen LogP contribution in [0.15, 0.2) is 4.99 Å². The molecule has 17 nitrogen and oxygen atoms in total. The van der Waals surface area contributed by atoms with Gasteiger partial charge in [0.2, 0.25) is 5.91 Å². The molecule has 0 aromatic rings. The Morgan fingerprint density at radius 2 is 1.17 bits per heavy atom. The van der Waals surface area contributed by atoms with E-state index in [1.165, 1.54) is 4.90 Å². The SMILES string of the molecule is NC(N)=NCCCCCNC(=O)CN1CCN(CC(=O)O)CCN(CC(=O)O)CCN(C(CC(=O)O)C(=O)O)CC1. The van der Waals surface area contributed by atoms with Crippen LogP contribution < -0.4 is 16.8 Å². The minimum atomic E-state index is -1.35. The average Bonchev–Trinajstić information content (AvgIpc) is 2.86. The van der Waals surface area contributed by atoms with Gasteiger partial charge in [-0.2, -0.15) is 0 Å². The fourth-order valence-electron chi connectivity index (χ4n) is 4.37. The standard InChI is InChI=1S/C24H44N8O9/c25-24(26)28-5-3-1-2-4-27-19(33)15-29-6-7-30(16-21(36)37)8-9-31(17-22(38)39)11-13-32(12-10-29)18(23(40)41)14-20(34)35/h18H,1-17H2,(H,27,33)(H,34,35)(H,36,37)(H,38,39)(H,40,41)(H4,25,26,28). The summed E-state index contributed by atoms with van der Waals surface area (Å²) in [5, 5.41) is 40.5. The van der Waals surface area contributed by atoms with Crippen LogP contribution in [0.3, 0.4) is 0 Å². The molecule has 0 bridgehead atoms. The van der Waals surface area contributed by atoms with Gasteiger partial charge in [0.15, 0.2) is 5.96 Å². The van der Waals surface area contributed by atoms with E-state index in [0.29, 0.717) is 19.5 Å². The molecule has 1 aliphatic heterocycles. The van der Waals surface area contributed by atoms with Crippen LogP contribution in [0.1, 0.15) is 25.7 Å². The number of hydrogen-bond acceptors (Lipinski definition) is 10. The number of guanidine groups is 1. The van der Waals surface area contributed by atoms with Crippen LogP contribution in [0.5, 0.6) is 0 Å². The molecule has 234 valence electrons. The number of aliphatic imine (C=N–C) groups is 1. The van der Waals surface area contributed by atoms with Crippen LogP contribution in [-0.4, -0.2) is 167 Å². The maximum Gasteiger partial charge on any atom is 0.321 e. The molecule has 1 fully saturated rings. The molecule has 0 aliphatic carbocycles. The van der Waals surface area contributed by atoms with Gasteiger partial charge >= 0.3 is 23.9 Å². The first kappa shape index (κ1) is 35.5.